The average molecular weight is 294 g/mol. The van der Waals surface area contributed by atoms with Gasteiger partial charge in [-0.25, -0.2) is 0 Å². The lowest BCUT2D eigenvalue weighted by Crippen LogP contribution is -2.05. The Morgan fingerprint density at radius 2 is 1.58 bits per heavy atom. The molecule has 102 valence electrons. The van der Waals surface area contributed by atoms with Gasteiger partial charge in [0.05, 0.1) is 0 Å². The van der Waals surface area contributed by atoms with Crippen LogP contribution in [0.3, 0.4) is 0 Å². The Morgan fingerprint density at radius 1 is 0.947 bits per heavy atom. The number of hydrogen-bond donors (Lipinski definition) is 0. The lowest BCUT2D eigenvalue weighted by Gasteiger charge is -2.10. The summed E-state index contributed by atoms with van der Waals surface area (Å²) in [7, 11) is -3.76. The molecular formula is C15H20O2P2. The van der Waals surface area contributed by atoms with E-state index >= 15 is 0 Å². The summed E-state index contributed by atoms with van der Waals surface area (Å²) in [6, 6.07) is 9.79. The fourth-order valence-electron chi connectivity index (χ4n) is 2.18. The summed E-state index contributed by atoms with van der Waals surface area (Å²) in [5.74, 6) is 1.85. The van der Waals surface area contributed by atoms with E-state index in [2.05, 4.69) is 0 Å². The molecule has 1 aromatic rings. The van der Waals surface area contributed by atoms with Crippen molar-refractivity contribution in [1.29, 1.82) is 0 Å². The van der Waals surface area contributed by atoms with E-state index in [1.807, 2.05) is 61.0 Å². The first-order valence-electron chi connectivity index (χ1n) is 6.54. The lowest BCUT2D eigenvalue weighted by molar-refractivity contribution is 0.584. The molecular weight excluding hydrogens is 274 g/mol. The smallest absolute Gasteiger partial charge is 0.122 e. The monoisotopic (exact) mass is 294 g/mol. The van der Waals surface area contributed by atoms with Gasteiger partial charge in [-0.2, -0.15) is 0 Å². The largest absolute Gasteiger partial charge is 0.320 e. The Kier molecular flexibility index (Phi) is 4.66. The van der Waals surface area contributed by atoms with Crippen LogP contribution in [0.5, 0.6) is 0 Å². The van der Waals surface area contributed by atoms with Crippen LogP contribution < -0.4 is 5.30 Å². The first-order valence-corrected chi connectivity index (χ1v) is 11.0. The second kappa shape index (κ2) is 6.07. The van der Waals surface area contributed by atoms with Crippen LogP contribution in [-0.2, 0) is 9.13 Å². The van der Waals surface area contributed by atoms with E-state index in [1.165, 1.54) is 0 Å². The van der Waals surface area contributed by atoms with Crippen molar-refractivity contribution in [2.24, 2.45) is 0 Å². The van der Waals surface area contributed by atoms with Crippen LogP contribution >= 0.6 is 14.3 Å². The molecule has 1 atom stereocenters. The molecule has 2 aliphatic heterocycles. The van der Waals surface area contributed by atoms with E-state index in [-0.39, 0.29) is 0 Å². The SMILES string of the molecule is CP1(=O)C=CCC1.O=P1(c2ccccc2)CC=CC1. The highest BCUT2D eigenvalue weighted by Crippen LogP contribution is 2.48. The molecule has 0 aromatic heterocycles. The van der Waals surface area contributed by atoms with Crippen LogP contribution in [-0.4, -0.2) is 25.2 Å². The predicted molar refractivity (Wildman–Crippen MR) is 84.7 cm³/mol. The molecule has 2 aliphatic rings. The van der Waals surface area contributed by atoms with Crippen molar-refractivity contribution >= 4 is 19.6 Å². The van der Waals surface area contributed by atoms with Crippen molar-refractivity contribution in [3.05, 3.63) is 54.4 Å². The quantitative estimate of drug-likeness (QED) is 0.576. The van der Waals surface area contributed by atoms with Crippen molar-refractivity contribution in [2.45, 2.75) is 6.42 Å². The zero-order valence-corrected chi connectivity index (χ0v) is 13.0. The normalized spacial score (nSPS) is 27.0. The molecule has 4 heteroatoms. The van der Waals surface area contributed by atoms with Gasteiger partial charge in [-0.15, -0.1) is 0 Å². The molecule has 1 unspecified atom stereocenters. The van der Waals surface area contributed by atoms with E-state index in [0.717, 1.165) is 30.2 Å². The third kappa shape index (κ3) is 4.06. The van der Waals surface area contributed by atoms with Gasteiger partial charge in [-0.1, -0.05) is 48.6 Å². The fourth-order valence-corrected chi connectivity index (χ4v) is 5.85. The molecule has 0 spiro atoms. The van der Waals surface area contributed by atoms with Crippen molar-refractivity contribution < 1.29 is 9.13 Å². The van der Waals surface area contributed by atoms with Gasteiger partial charge in [-0.05, 0) is 18.9 Å². The summed E-state index contributed by atoms with van der Waals surface area (Å²) in [5, 5.41) is 1.02. The minimum Gasteiger partial charge on any atom is -0.320 e. The number of hydrogen-bond acceptors (Lipinski definition) is 2. The molecule has 0 saturated heterocycles. The maximum Gasteiger partial charge on any atom is 0.122 e. The third-order valence-electron chi connectivity index (χ3n) is 3.35. The molecule has 2 nitrogen and oxygen atoms in total. The first kappa shape index (κ1) is 14.6. The molecule has 0 bridgehead atoms. The van der Waals surface area contributed by atoms with Gasteiger partial charge in [0.1, 0.15) is 14.3 Å². The van der Waals surface area contributed by atoms with E-state index in [9.17, 15) is 9.13 Å². The molecule has 0 amide bonds. The predicted octanol–water partition coefficient (Wildman–Crippen LogP) is 4.14. The van der Waals surface area contributed by atoms with Crippen molar-refractivity contribution in [3.63, 3.8) is 0 Å². The highest BCUT2D eigenvalue weighted by molar-refractivity contribution is 7.72. The summed E-state index contributed by atoms with van der Waals surface area (Å²) < 4.78 is 23.1. The van der Waals surface area contributed by atoms with Crippen LogP contribution in [0.15, 0.2) is 54.4 Å². The van der Waals surface area contributed by atoms with Crippen LogP contribution in [0.4, 0.5) is 0 Å². The second-order valence-electron chi connectivity index (χ2n) is 5.13. The van der Waals surface area contributed by atoms with Crippen LogP contribution in [0.1, 0.15) is 6.42 Å². The Labute approximate surface area is 115 Å². The molecule has 1 aromatic carbocycles. The van der Waals surface area contributed by atoms with Crippen molar-refractivity contribution in [2.75, 3.05) is 25.2 Å². The topological polar surface area (TPSA) is 34.1 Å². The molecule has 0 N–H and O–H groups in total. The van der Waals surface area contributed by atoms with Crippen molar-refractivity contribution in [1.82, 2.24) is 0 Å². The standard InChI is InChI=1S/C10H11OP.C5H9OP/c11-12(8-4-5-9-12)10-6-2-1-3-7-10;1-7(6)4-2-3-5-7/h1-7H,8-9H2;2,4H,3,5H2,1H3. The molecule has 0 radical (unpaired) electrons. The van der Waals surface area contributed by atoms with Crippen LogP contribution in [0, 0.1) is 0 Å². The molecule has 0 saturated carbocycles. The average Bonchev–Trinajstić information content (AvgIpc) is 3.01. The van der Waals surface area contributed by atoms with Gasteiger partial charge >= 0.3 is 0 Å². The Bertz CT molecular complexity index is 561. The maximum atomic E-state index is 12.2. The van der Waals surface area contributed by atoms with Gasteiger partial charge in [-0.3, -0.25) is 0 Å². The first-order chi connectivity index (χ1) is 9.02. The third-order valence-corrected chi connectivity index (χ3v) is 8.18. The van der Waals surface area contributed by atoms with Gasteiger partial charge in [0.15, 0.2) is 0 Å². The Hall–Kier alpha value is -0.840. The lowest BCUT2D eigenvalue weighted by atomic mass is 10.4. The summed E-state index contributed by atoms with van der Waals surface area (Å²) in [6.07, 6.45) is 9.46. The number of rotatable bonds is 1. The zero-order chi connectivity index (χ0) is 13.8. The number of benzene rings is 1. The highest BCUT2D eigenvalue weighted by Gasteiger charge is 2.24. The zero-order valence-electron chi connectivity index (χ0n) is 11.2. The van der Waals surface area contributed by atoms with Gasteiger partial charge in [0, 0.05) is 23.8 Å². The second-order valence-corrected chi connectivity index (χ2v) is 11.3. The Balaban J connectivity index is 0.000000163. The summed E-state index contributed by atoms with van der Waals surface area (Å²) in [5.41, 5.74) is 0. The summed E-state index contributed by atoms with van der Waals surface area (Å²) in [6.45, 7) is 1.83. The minimum absolute atomic E-state index is 0.747. The van der Waals surface area contributed by atoms with Crippen LogP contribution in [0.2, 0.25) is 0 Å². The van der Waals surface area contributed by atoms with E-state index in [4.69, 9.17) is 0 Å². The van der Waals surface area contributed by atoms with Gasteiger partial charge in [0.2, 0.25) is 0 Å². The molecule has 19 heavy (non-hydrogen) atoms. The van der Waals surface area contributed by atoms with E-state index in [0.29, 0.717) is 0 Å². The van der Waals surface area contributed by atoms with E-state index < -0.39 is 14.3 Å². The summed E-state index contributed by atoms with van der Waals surface area (Å²) >= 11 is 0. The molecule has 0 fully saturated rings. The maximum absolute atomic E-state index is 12.2. The molecule has 2 heterocycles. The minimum atomic E-state index is -2.03. The van der Waals surface area contributed by atoms with Gasteiger partial charge < -0.3 is 9.13 Å². The van der Waals surface area contributed by atoms with Crippen molar-refractivity contribution in [3.8, 4) is 0 Å². The Morgan fingerprint density at radius 3 is 2.00 bits per heavy atom. The van der Waals surface area contributed by atoms with E-state index in [1.54, 1.807) is 0 Å². The molecule has 3 rings (SSSR count). The summed E-state index contributed by atoms with van der Waals surface area (Å²) in [4.78, 5) is 0. The fraction of sp³-hybridized carbons (Fsp3) is 0.333. The van der Waals surface area contributed by atoms with Gasteiger partial charge in [0.25, 0.3) is 0 Å². The van der Waals surface area contributed by atoms with Crippen LogP contribution in [0.25, 0.3) is 0 Å². The number of allylic oxidation sites excluding steroid dienone is 3. The molecule has 0 aliphatic carbocycles. The highest BCUT2D eigenvalue weighted by atomic mass is 31.2.